The molecule has 3 aliphatic heterocycles. The zero-order valence-corrected chi connectivity index (χ0v) is 36.0. The van der Waals surface area contributed by atoms with E-state index < -0.39 is 36.1 Å². The van der Waals surface area contributed by atoms with Crippen LogP contribution in [-0.2, 0) is 28.5 Å². The van der Waals surface area contributed by atoms with Gasteiger partial charge in [-0.15, -0.1) is 0 Å². The average Bonchev–Trinajstić information content (AvgIpc) is 4.13. The van der Waals surface area contributed by atoms with Crippen molar-refractivity contribution >= 4 is 29.6 Å². The molecule has 1 saturated carbocycles. The highest BCUT2D eigenvalue weighted by Gasteiger charge is 2.53. The topological polar surface area (TPSA) is 164 Å². The van der Waals surface area contributed by atoms with Gasteiger partial charge in [-0.1, -0.05) is 76.2 Å². The molecule has 4 heterocycles. The van der Waals surface area contributed by atoms with Crippen LogP contribution in [0.4, 0.5) is 9.59 Å². The van der Waals surface area contributed by atoms with E-state index in [2.05, 4.69) is 64.1 Å². The van der Waals surface area contributed by atoms with Crippen molar-refractivity contribution in [3.05, 3.63) is 82.8 Å². The van der Waals surface area contributed by atoms with Gasteiger partial charge in [0.25, 0.3) is 0 Å². The summed E-state index contributed by atoms with van der Waals surface area (Å²) in [5.74, 6) is -0.843. The van der Waals surface area contributed by atoms with Gasteiger partial charge >= 0.3 is 12.2 Å². The van der Waals surface area contributed by atoms with E-state index in [1.807, 2.05) is 32.6 Å². The molecule has 4 amide bonds. The molecule has 3 N–H and O–H groups in total. The largest absolute Gasteiger partial charge is 0.453 e. The second-order valence-electron chi connectivity index (χ2n) is 17.5. The van der Waals surface area contributed by atoms with Gasteiger partial charge in [0.2, 0.25) is 11.8 Å². The van der Waals surface area contributed by atoms with Crippen LogP contribution in [0.5, 0.6) is 0 Å². The van der Waals surface area contributed by atoms with Crippen LogP contribution in [0.1, 0.15) is 90.1 Å². The quantitative estimate of drug-likeness (QED) is 0.182. The first-order valence-corrected chi connectivity index (χ1v) is 21.7. The monoisotopic (exact) mass is 834 g/mol. The number of imidazole rings is 1. The van der Waals surface area contributed by atoms with Gasteiger partial charge in [-0.2, -0.15) is 0 Å². The molecule has 0 radical (unpaired) electrons. The maximum absolute atomic E-state index is 14.0. The Morgan fingerprint density at radius 1 is 0.738 bits per heavy atom. The first-order valence-electron chi connectivity index (χ1n) is 21.7. The van der Waals surface area contributed by atoms with E-state index in [1.54, 1.807) is 11.1 Å². The number of aromatic amines is 1. The first kappa shape index (κ1) is 42.2. The number of methoxy groups -OCH3 is 2. The lowest BCUT2D eigenvalue weighted by molar-refractivity contribution is -0.153. The van der Waals surface area contributed by atoms with E-state index in [-0.39, 0.29) is 36.2 Å². The van der Waals surface area contributed by atoms with Gasteiger partial charge in [0, 0.05) is 13.0 Å². The second-order valence-corrected chi connectivity index (χ2v) is 17.5. The molecule has 2 aliphatic carbocycles. The molecule has 1 spiro atoms. The summed E-state index contributed by atoms with van der Waals surface area (Å²) in [6.45, 7) is 9.47. The number of benzene rings is 2. The number of carbonyl (C=O) groups is 4. The summed E-state index contributed by atoms with van der Waals surface area (Å²) >= 11 is 0. The normalized spacial score (nSPS) is 21.8. The Balaban J connectivity index is 0.959. The number of amides is 4. The van der Waals surface area contributed by atoms with Crippen molar-refractivity contribution in [3.8, 4) is 22.4 Å². The van der Waals surface area contributed by atoms with Gasteiger partial charge in [-0.25, -0.2) is 14.6 Å². The Hall–Kier alpha value is -5.47. The molecule has 8 rings (SSSR count). The van der Waals surface area contributed by atoms with Crippen molar-refractivity contribution in [2.24, 2.45) is 11.8 Å². The highest BCUT2D eigenvalue weighted by molar-refractivity contribution is 5.88. The van der Waals surface area contributed by atoms with Crippen molar-refractivity contribution in [2.75, 3.05) is 40.5 Å². The number of nitrogens with one attached hydrogen (secondary N) is 3. The standard InChI is InChI=1S/C47H58N6O8/c1-27(2)40(50-45(56)58-5)43(54)52-20-8-11-38(52)36-23-35(33-9-7-10-34(33)36)31-16-12-29(13-17-31)30-14-18-32(19-15-30)37-25-48-42(49-37)39-24-47(60-21-22-61-47)26-53(39)44(55)41(28(3)4)51-46(57)59-6/h12-19,25,27-28,38-41H,7-11,20-24,26H2,1-6H3,(H,48,49)(H,50,56)(H,51,57)/t38-,39?,40-,41+/m0/s1. The summed E-state index contributed by atoms with van der Waals surface area (Å²) in [5.41, 5.74) is 10.8. The lowest BCUT2D eigenvalue weighted by Gasteiger charge is -2.32. The predicted octanol–water partition coefficient (Wildman–Crippen LogP) is 7.15. The molecule has 0 bridgehead atoms. The minimum absolute atomic E-state index is 0.0339. The first-order chi connectivity index (χ1) is 29.4. The molecule has 1 aromatic heterocycles. The number of likely N-dealkylation sites (tertiary alicyclic amines) is 2. The number of alkyl carbamates (subject to hydrolysis) is 2. The highest BCUT2D eigenvalue weighted by atomic mass is 16.7. The predicted molar refractivity (Wildman–Crippen MR) is 229 cm³/mol. The number of H-pyrrole nitrogens is 1. The van der Waals surface area contributed by atoms with E-state index in [0.29, 0.717) is 32.0 Å². The lowest BCUT2D eigenvalue weighted by Crippen LogP contribution is -2.52. The van der Waals surface area contributed by atoms with E-state index in [4.69, 9.17) is 23.9 Å². The fraction of sp³-hybridized carbons (Fsp3) is 0.511. The molecule has 3 aromatic rings. The van der Waals surface area contributed by atoms with Crippen LogP contribution in [0.2, 0.25) is 0 Å². The average molecular weight is 835 g/mol. The number of ether oxygens (including phenoxy) is 4. The fourth-order valence-corrected chi connectivity index (χ4v) is 9.96. The minimum Gasteiger partial charge on any atom is -0.453 e. The summed E-state index contributed by atoms with van der Waals surface area (Å²) < 4.78 is 21.7. The number of nitrogens with zero attached hydrogens (tertiary/aromatic N) is 3. The molecule has 5 aliphatic rings. The Morgan fingerprint density at radius 3 is 1.89 bits per heavy atom. The number of aromatic nitrogens is 2. The zero-order valence-electron chi connectivity index (χ0n) is 36.0. The molecule has 3 saturated heterocycles. The van der Waals surface area contributed by atoms with E-state index in [0.717, 1.165) is 60.9 Å². The SMILES string of the molecule is COC(=O)N[C@H](C(=O)N1CCC[C@H]1C1=C2CCCC2=C(c2ccc(-c3ccc(-c4cnc(C5CC6(CN5C(=O)[C@H](NC(=O)OC)C(C)C)OCCO6)[nH]4)cc3)cc2)C1)C(C)C. The Kier molecular flexibility index (Phi) is 12.1. The summed E-state index contributed by atoms with van der Waals surface area (Å²) in [7, 11) is 2.60. The van der Waals surface area contributed by atoms with Gasteiger partial charge in [0.05, 0.1) is 58.0 Å². The maximum Gasteiger partial charge on any atom is 0.407 e. The van der Waals surface area contributed by atoms with Gasteiger partial charge in [0.15, 0.2) is 5.79 Å². The van der Waals surface area contributed by atoms with Gasteiger partial charge in [-0.3, -0.25) is 9.59 Å². The van der Waals surface area contributed by atoms with Crippen LogP contribution in [0.15, 0.2) is 71.4 Å². The van der Waals surface area contributed by atoms with Gasteiger partial charge < -0.3 is 44.4 Å². The molecular formula is C47H58N6O8. The summed E-state index contributed by atoms with van der Waals surface area (Å²) in [5, 5.41) is 5.49. The molecule has 2 aromatic carbocycles. The maximum atomic E-state index is 14.0. The van der Waals surface area contributed by atoms with Gasteiger partial charge in [-0.05, 0) is 94.9 Å². The van der Waals surface area contributed by atoms with Gasteiger partial charge in [0.1, 0.15) is 17.9 Å². The second kappa shape index (κ2) is 17.5. The van der Waals surface area contributed by atoms with Crippen molar-refractivity contribution in [2.45, 2.75) is 103 Å². The molecule has 4 fully saturated rings. The summed E-state index contributed by atoms with van der Waals surface area (Å²) in [6.07, 6.45) is 6.87. The van der Waals surface area contributed by atoms with E-state index in [1.165, 1.54) is 42.1 Å². The van der Waals surface area contributed by atoms with Crippen LogP contribution in [0.25, 0.3) is 28.0 Å². The Bertz CT molecular complexity index is 2200. The molecular weight excluding hydrogens is 777 g/mol. The number of carbonyl (C=O) groups excluding carboxylic acids is 4. The van der Waals surface area contributed by atoms with Crippen LogP contribution in [0.3, 0.4) is 0 Å². The van der Waals surface area contributed by atoms with Crippen molar-refractivity contribution in [1.82, 2.24) is 30.4 Å². The molecule has 4 atom stereocenters. The summed E-state index contributed by atoms with van der Waals surface area (Å²) in [4.78, 5) is 64.1. The van der Waals surface area contributed by atoms with Crippen molar-refractivity contribution in [1.29, 1.82) is 0 Å². The molecule has 14 nitrogen and oxygen atoms in total. The van der Waals surface area contributed by atoms with E-state index >= 15 is 0 Å². The minimum atomic E-state index is -0.926. The van der Waals surface area contributed by atoms with Crippen LogP contribution < -0.4 is 10.6 Å². The zero-order chi connectivity index (χ0) is 43.0. The fourth-order valence-electron chi connectivity index (χ4n) is 9.96. The van der Waals surface area contributed by atoms with Crippen LogP contribution in [-0.4, -0.2) is 108 Å². The Labute approximate surface area is 357 Å². The van der Waals surface area contributed by atoms with Crippen LogP contribution in [0, 0.1) is 11.8 Å². The number of hydrogen-bond donors (Lipinski definition) is 3. The molecule has 14 heteroatoms. The number of allylic oxidation sites excluding steroid dienone is 3. The third kappa shape index (κ3) is 8.31. The molecule has 61 heavy (non-hydrogen) atoms. The van der Waals surface area contributed by atoms with Crippen molar-refractivity contribution < 1.29 is 38.1 Å². The third-order valence-corrected chi connectivity index (χ3v) is 13.1. The number of hydrogen-bond acceptors (Lipinski definition) is 9. The van der Waals surface area contributed by atoms with Crippen LogP contribution >= 0.6 is 0 Å². The molecule has 1 unspecified atom stereocenters. The smallest absolute Gasteiger partial charge is 0.407 e. The molecule has 324 valence electrons. The lowest BCUT2D eigenvalue weighted by atomic mass is 9.93. The number of rotatable bonds is 11. The highest BCUT2D eigenvalue weighted by Crippen LogP contribution is 2.50. The number of fused-ring (bicyclic) bond motifs is 1. The van der Waals surface area contributed by atoms with E-state index in [9.17, 15) is 19.2 Å². The third-order valence-electron chi connectivity index (χ3n) is 13.1. The Morgan fingerprint density at radius 2 is 1.30 bits per heavy atom. The summed E-state index contributed by atoms with van der Waals surface area (Å²) in [6, 6.07) is 15.3. The van der Waals surface area contributed by atoms with Crippen molar-refractivity contribution in [3.63, 3.8) is 0 Å².